The number of hydrogen-bond donors (Lipinski definition) is 1. The number of para-hydroxylation sites is 1. The molecule has 2 nitrogen and oxygen atoms in total. The summed E-state index contributed by atoms with van der Waals surface area (Å²) in [6.07, 6.45) is 5.03. The minimum absolute atomic E-state index is 0.0198. The Hall–Kier alpha value is -2.36. The van der Waals surface area contributed by atoms with Crippen molar-refractivity contribution in [3.63, 3.8) is 0 Å². The van der Waals surface area contributed by atoms with Crippen LogP contribution >= 0.6 is 0 Å². The number of ether oxygens (including phenoxy) is 1. The Morgan fingerprint density at radius 2 is 1.96 bits per heavy atom. The summed E-state index contributed by atoms with van der Waals surface area (Å²) in [7, 11) is 1.63. The summed E-state index contributed by atoms with van der Waals surface area (Å²) in [4.78, 5) is 0. The third kappa shape index (κ3) is 2.21. The predicted molar refractivity (Wildman–Crippen MR) is 85.7 cm³/mol. The molecule has 0 saturated heterocycles. The smallest absolute Gasteiger partial charge is 0.149 e. The van der Waals surface area contributed by atoms with Crippen LogP contribution in [0, 0.1) is 17.6 Å². The van der Waals surface area contributed by atoms with Gasteiger partial charge in [0.1, 0.15) is 17.4 Å². The first kappa shape index (κ1) is 14.2. The van der Waals surface area contributed by atoms with Gasteiger partial charge in [-0.2, -0.15) is 0 Å². The molecule has 0 saturated carbocycles. The SMILES string of the molecule is COc1ccccc1[C@@H]1Nc2c(F)cc(F)cc2[C@@H]2C=CC[C@@H]21. The summed E-state index contributed by atoms with van der Waals surface area (Å²) in [5.41, 5.74) is 2.10. The molecule has 1 aliphatic carbocycles. The van der Waals surface area contributed by atoms with Crippen LogP contribution in [0.4, 0.5) is 14.5 Å². The zero-order valence-corrected chi connectivity index (χ0v) is 12.7. The minimum atomic E-state index is -0.543. The van der Waals surface area contributed by atoms with Gasteiger partial charge in [0.15, 0.2) is 0 Å². The van der Waals surface area contributed by atoms with Gasteiger partial charge in [0.05, 0.1) is 18.8 Å². The first-order valence-corrected chi connectivity index (χ1v) is 7.74. The standard InChI is InChI=1S/C19H17F2NO/c1-23-17-8-3-2-5-14(17)18-13-7-4-6-12(13)15-9-11(20)10-16(21)19(15)22-18/h2-6,8-10,12-13,18,22H,7H2,1H3/t12-,13+,18-/m1/s1. The lowest BCUT2D eigenvalue weighted by Gasteiger charge is -2.38. The Morgan fingerprint density at radius 1 is 1.13 bits per heavy atom. The Bertz CT molecular complexity index is 787. The molecule has 0 radical (unpaired) electrons. The van der Waals surface area contributed by atoms with Crippen LogP contribution in [-0.2, 0) is 0 Å². The fourth-order valence-corrected chi connectivity index (χ4v) is 3.85. The zero-order chi connectivity index (χ0) is 16.0. The summed E-state index contributed by atoms with van der Waals surface area (Å²) >= 11 is 0. The van der Waals surface area contributed by atoms with Crippen LogP contribution in [-0.4, -0.2) is 7.11 Å². The average molecular weight is 313 g/mol. The zero-order valence-electron chi connectivity index (χ0n) is 12.7. The Kier molecular flexibility index (Phi) is 3.33. The van der Waals surface area contributed by atoms with Crippen molar-refractivity contribution < 1.29 is 13.5 Å². The lowest BCUT2D eigenvalue weighted by molar-refractivity contribution is 0.379. The molecule has 1 heterocycles. The Balaban J connectivity index is 1.85. The second-order valence-electron chi connectivity index (χ2n) is 6.07. The Labute approximate surface area is 133 Å². The molecule has 3 atom stereocenters. The molecule has 2 aliphatic rings. The third-order valence-corrected chi connectivity index (χ3v) is 4.86. The maximum absolute atomic E-state index is 14.3. The van der Waals surface area contributed by atoms with Crippen molar-refractivity contribution in [3.05, 3.63) is 71.3 Å². The van der Waals surface area contributed by atoms with E-state index in [4.69, 9.17) is 4.74 Å². The number of allylic oxidation sites excluding steroid dienone is 2. The molecule has 1 aliphatic heterocycles. The van der Waals surface area contributed by atoms with Gasteiger partial charge in [0, 0.05) is 17.5 Å². The molecule has 4 heteroatoms. The predicted octanol–water partition coefficient (Wildman–Crippen LogP) is 4.80. The highest BCUT2D eigenvalue weighted by Gasteiger charge is 2.40. The maximum atomic E-state index is 14.3. The molecule has 23 heavy (non-hydrogen) atoms. The van der Waals surface area contributed by atoms with E-state index >= 15 is 0 Å². The summed E-state index contributed by atoms with van der Waals surface area (Å²) in [6.45, 7) is 0. The van der Waals surface area contributed by atoms with Gasteiger partial charge in [-0.1, -0.05) is 30.4 Å². The molecule has 118 valence electrons. The van der Waals surface area contributed by atoms with E-state index in [9.17, 15) is 8.78 Å². The third-order valence-electron chi connectivity index (χ3n) is 4.86. The van der Waals surface area contributed by atoms with E-state index in [1.807, 2.05) is 24.3 Å². The molecule has 0 fully saturated rings. The van der Waals surface area contributed by atoms with Crippen LogP contribution in [0.3, 0.4) is 0 Å². The molecular weight excluding hydrogens is 296 g/mol. The van der Waals surface area contributed by atoms with E-state index in [2.05, 4.69) is 17.5 Å². The highest BCUT2D eigenvalue weighted by molar-refractivity contribution is 5.61. The second-order valence-corrected chi connectivity index (χ2v) is 6.07. The van der Waals surface area contributed by atoms with Crippen molar-refractivity contribution >= 4 is 5.69 Å². The van der Waals surface area contributed by atoms with Gasteiger partial charge < -0.3 is 10.1 Å². The summed E-state index contributed by atoms with van der Waals surface area (Å²) in [6, 6.07) is 10.1. The second kappa shape index (κ2) is 5.37. The number of hydrogen-bond acceptors (Lipinski definition) is 2. The van der Waals surface area contributed by atoms with Gasteiger partial charge >= 0.3 is 0 Å². The quantitative estimate of drug-likeness (QED) is 0.804. The fraction of sp³-hybridized carbons (Fsp3) is 0.263. The van der Waals surface area contributed by atoms with Crippen LogP contribution in [0.5, 0.6) is 5.75 Å². The van der Waals surface area contributed by atoms with E-state index in [0.717, 1.165) is 23.8 Å². The molecular formula is C19H17F2NO. The molecule has 4 rings (SSSR count). The number of rotatable bonds is 2. The Morgan fingerprint density at radius 3 is 2.78 bits per heavy atom. The fourth-order valence-electron chi connectivity index (χ4n) is 3.85. The molecule has 1 N–H and O–H groups in total. The molecule has 2 aromatic rings. The number of methoxy groups -OCH3 is 1. The van der Waals surface area contributed by atoms with Crippen molar-refractivity contribution in [1.82, 2.24) is 0 Å². The van der Waals surface area contributed by atoms with E-state index in [-0.39, 0.29) is 17.9 Å². The maximum Gasteiger partial charge on any atom is 0.149 e. The van der Waals surface area contributed by atoms with E-state index in [1.54, 1.807) is 7.11 Å². The van der Waals surface area contributed by atoms with Crippen LogP contribution < -0.4 is 10.1 Å². The first-order chi connectivity index (χ1) is 11.2. The van der Waals surface area contributed by atoms with Gasteiger partial charge in [0.2, 0.25) is 0 Å². The van der Waals surface area contributed by atoms with Gasteiger partial charge in [-0.3, -0.25) is 0 Å². The lowest BCUT2D eigenvalue weighted by atomic mass is 9.76. The molecule has 0 spiro atoms. The van der Waals surface area contributed by atoms with Crippen LogP contribution in [0.15, 0.2) is 48.6 Å². The van der Waals surface area contributed by atoms with Gasteiger partial charge in [-0.05, 0) is 30.0 Å². The van der Waals surface area contributed by atoms with Crippen molar-refractivity contribution in [2.75, 3.05) is 12.4 Å². The molecule has 0 amide bonds. The minimum Gasteiger partial charge on any atom is -0.496 e. The number of fused-ring (bicyclic) bond motifs is 3. The van der Waals surface area contributed by atoms with Gasteiger partial charge in [-0.25, -0.2) is 8.78 Å². The largest absolute Gasteiger partial charge is 0.496 e. The normalized spacial score (nSPS) is 24.7. The van der Waals surface area contributed by atoms with Crippen LogP contribution in [0.1, 0.15) is 29.5 Å². The topological polar surface area (TPSA) is 21.3 Å². The number of nitrogens with one attached hydrogen (secondary N) is 1. The average Bonchev–Trinajstić information content (AvgIpc) is 3.04. The molecule has 2 aromatic carbocycles. The number of benzene rings is 2. The van der Waals surface area contributed by atoms with Gasteiger partial charge in [-0.15, -0.1) is 0 Å². The van der Waals surface area contributed by atoms with Crippen LogP contribution in [0.25, 0.3) is 0 Å². The van der Waals surface area contributed by atoms with E-state index in [0.29, 0.717) is 11.3 Å². The summed E-state index contributed by atoms with van der Waals surface area (Å²) in [5.74, 6) is -0.0514. The number of halogens is 2. The molecule has 0 aromatic heterocycles. The molecule has 0 bridgehead atoms. The van der Waals surface area contributed by atoms with E-state index < -0.39 is 11.6 Å². The highest BCUT2D eigenvalue weighted by atomic mass is 19.1. The van der Waals surface area contributed by atoms with Crippen molar-refractivity contribution in [3.8, 4) is 5.75 Å². The summed E-state index contributed by atoms with van der Waals surface area (Å²) in [5, 5.41) is 3.29. The summed E-state index contributed by atoms with van der Waals surface area (Å²) < 4.78 is 33.4. The van der Waals surface area contributed by atoms with E-state index in [1.165, 1.54) is 6.07 Å². The van der Waals surface area contributed by atoms with Crippen molar-refractivity contribution in [1.29, 1.82) is 0 Å². The van der Waals surface area contributed by atoms with Crippen molar-refractivity contribution in [2.45, 2.75) is 18.4 Å². The van der Waals surface area contributed by atoms with Crippen molar-refractivity contribution in [2.24, 2.45) is 5.92 Å². The number of anilines is 1. The monoisotopic (exact) mass is 313 g/mol. The highest BCUT2D eigenvalue weighted by Crippen LogP contribution is 2.51. The molecule has 0 unspecified atom stereocenters. The van der Waals surface area contributed by atoms with Crippen LogP contribution in [0.2, 0.25) is 0 Å². The first-order valence-electron chi connectivity index (χ1n) is 7.74. The van der Waals surface area contributed by atoms with Gasteiger partial charge in [0.25, 0.3) is 0 Å². The lowest BCUT2D eigenvalue weighted by Crippen LogP contribution is -2.30.